The molecule has 3 rings (SSSR count). The van der Waals surface area contributed by atoms with E-state index < -0.39 is 6.04 Å². The number of halogens is 1. The predicted molar refractivity (Wildman–Crippen MR) is 101 cm³/mol. The van der Waals surface area contributed by atoms with Crippen LogP contribution >= 0.6 is 11.6 Å². The van der Waals surface area contributed by atoms with Crippen LogP contribution in [0.25, 0.3) is 11.4 Å². The molecule has 1 aromatic carbocycles. The second-order valence-electron chi connectivity index (χ2n) is 6.94. The van der Waals surface area contributed by atoms with E-state index >= 15 is 0 Å². The number of carbonyl (C=O) groups excluding carboxylic acids is 2. The van der Waals surface area contributed by atoms with Gasteiger partial charge in [0.05, 0.1) is 0 Å². The summed E-state index contributed by atoms with van der Waals surface area (Å²) in [5, 5.41) is 7.48. The summed E-state index contributed by atoms with van der Waals surface area (Å²) in [5.74, 6) is 0.882. The number of nitrogens with one attached hydrogen (secondary N) is 1. The van der Waals surface area contributed by atoms with Crippen molar-refractivity contribution in [3.05, 3.63) is 35.2 Å². The van der Waals surface area contributed by atoms with Gasteiger partial charge >= 0.3 is 0 Å². The lowest BCUT2D eigenvalue weighted by atomic mass is 10.0. The number of likely N-dealkylation sites (tertiary alicyclic amines) is 1. The van der Waals surface area contributed by atoms with E-state index in [9.17, 15) is 9.59 Å². The third kappa shape index (κ3) is 4.66. The first-order valence-corrected chi connectivity index (χ1v) is 9.49. The van der Waals surface area contributed by atoms with E-state index in [1.165, 1.54) is 0 Å². The largest absolute Gasteiger partial charge is 0.354 e. The van der Waals surface area contributed by atoms with Crippen molar-refractivity contribution in [2.24, 2.45) is 5.92 Å². The van der Waals surface area contributed by atoms with E-state index in [2.05, 4.69) is 15.5 Å². The number of hydrogen-bond acceptors (Lipinski definition) is 5. The predicted octanol–water partition coefficient (Wildman–Crippen LogP) is 2.70. The van der Waals surface area contributed by atoms with Gasteiger partial charge in [0.2, 0.25) is 23.5 Å². The van der Waals surface area contributed by atoms with Crippen molar-refractivity contribution in [3.63, 3.8) is 0 Å². The summed E-state index contributed by atoms with van der Waals surface area (Å²) in [6.07, 6.45) is 1.75. The van der Waals surface area contributed by atoms with Crippen molar-refractivity contribution in [1.29, 1.82) is 0 Å². The summed E-state index contributed by atoms with van der Waals surface area (Å²) in [6.45, 7) is 4.91. The Hall–Kier alpha value is -2.41. The fourth-order valence-electron chi connectivity index (χ4n) is 3.24. The van der Waals surface area contributed by atoms with Crippen LogP contribution in [-0.2, 0) is 16.0 Å². The smallest absolute Gasteiger partial charge is 0.243 e. The van der Waals surface area contributed by atoms with E-state index in [4.69, 9.17) is 16.1 Å². The SMILES string of the molecule is CC(C)C(C(=O)NCCc1nc(-c2ccc(Cl)cc2)no1)N1CCCC1=O. The van der Waals surface area contributed by atoms with Crippen LogP contribution in [0.3, 0.4) is 0 Å². The van der Waals surface area contributed by atoms with Crippen molar-refractivity contribution in [3.8, 4) is 11.4 Å². The topological polar surface area (TPSA) is 88.3 Å². The molecule has 2 amide bonds. The third-order valence-electron chi connectivity index (χ3n) is 4.55. The highest BCUT2D eigenvalue weighted by Crippen LogP contribution is 2.20. The zero-order valence-corrected chi connectivity index (χ0v) is 16.2. The van der Waals surface area contributed by atoms with Crippen molar-refractivity contribution in [2.75, 3.05) is 13.1 Å². The molecule has 27 heavy (non-hydrogen) atoms. The highest BCUT2D eigenvalue weighted by molar-refractivity contribution is 6.30. The second-order valence-corrected chi connectivity index (χ2v) is 7.38. The Labute approximate surface area is 163 Å². The molecular formula is C19H23ClN4O3. The zero-order chi connectivity index (χ0) is 19.4. The summed E-state index contributed by atoms with van der Waals surface area (Å²) in [5.41, 5.74) is 0.811. The van der Waals surface area contributed by atoms with Crippen LogP contribution in [0.4, 0.5) is 0 Å². The highest BCUT2D eigenvalue weighted by atomic mass is 35.5. The minimum absolute atomic E-state index is 0.0481. The number of aromatic nitrogens is 2. The first-order valence-electron chi connectivity index (χ1n) is 9.11. The van der Waals surface area contributed by atoms with Gasteiger partial charge in [-0.2, -0.15) is 4.98 Å². The summed E-state index contributed by atoms with van der Waals surface area (Å²) < 4.78 is 5.25. The number of benzene rings is 1. The van der Waals surface area contributed by atoms with Crippen molar-refractivity contribution in [1.82, 2.24) is 20.4 Å². The van der Waals surface area contributed by atoms with Crippen molar-refractivity contribution >= 4 is 23.4 Å². The van der Waals surface area contributed by atoms with Crippen molar-refractivity contribution in [2.45, 2.75) is 39.2 Å². The van der Waals surface area contributed by atoms with Crippen LogP contribution in [0, 0.1) is 5.92 Å². The van der Waals surface area contributed by atoms with Gasteiger partial charge in [0.25, 0.3) is 0 Å². The molecule has 0 radical (unpaired) electrons. The molecule has 0 saturated carbocycles. The Morgan fingerprint density at radius 3 is 2.70 bits per heavy atom. The molecule has 1 unspecified atom stereocenters. The van der Waals surface area contributed by atoms with Gasteiger partial charge in [-0.1, -0.05) is 30.6 Å². The lowest BCUT2D eigenvalue weighted by molar-refractivity contribution is -0.139. The maximum Gasteiger partial charge on any atom is 0.243 e. The van der Waals surface area contributed by atoms with Gasteiger partial charge in [0.1, 0.15) is 6.04 Å². The average molecular weight is 391 g/mol. The van der Waals surface area contributed by atoms with Gasteiger partial charge in [0, 0.05) is 36.5 Å². The van der Waals surface area contributed by atoms with E-state index in [1.807, 2.05) is 26.0 Å². The summed E-state index contributed by atoms with van der Waals surface area (Å²) in [4.78, 5) is 30.6. The standard InChI is InChI=1S/C19H23ClN4O3/c1-12(2)17(24-11-3-4-16(24)25)19(26)21-10-9-15-22-18(23-27-15)13-5-7-14(20)8-6-13/h5-8,12,17H,3-4,9-11H2,1-2H3,(H,21,26). The van der Waals surface area contributed by atoms with Gasteiger partial charge < -0.3 is 14.7 Å². The second kappa shape index (κ2) is 8.52. The summed E-state index contributed by atoms with van der Waals surface area (Å²) >= 11 is 5.88. The Morgan fingerprint density at radius 2 is 2.07 bits per heavy atom. The Bertz CT molecular complexity index is 804. The first-order chi connectivity index (χ1) is 13.0. The van der Waals surface area contributed by atoms with E-state index in [0.717, 1.165) is 12.0 Å². The van der Waals surface area contributed by atoms with Crippen LogP contribution in [0.2, 0.25) is 5.02 Å². The maximum atomic E-state index is 12.6. The maximum absolute atomic E-state index is 12.6. The third-order valence-corrected chi connectivity index (χ3v) is 4.81. The summed E-state index contributed by atoms with van der Waals surface area (Å²) in [6, 6.07) is 6.72. The van der Waals surface area contributed by atoms with Crippen LogP contribution in [0.5, 0.6) is 0 Å². The van der Waals surface area contributed by atoms with Crippen LogP contribution in [0.1, 0.15) is 32.6 Å². The Kier molecular flexibility index (Phi) is 6.11. The quantitative estimate of drug-likeness (QED) is 0.785. The van der Waals surface area contributed by atoms with Crippen LogP contribution in [0.15, 0.2) is 28.8 Å². The molecule has 0 aliphatic carbocycles. The zero-order valence-electron chi connectivity index (χ0n) is 15.4. The van der Waals surface area contributed by atoms with E-state index in [1.54, 1.807) is 17.0 Å². The Morgan fingerprint density at radius 1 is 1.33 bits per heavy atom. The molecule has 1 atom stereocenters. The minimum Gasteiger partial charge on any atom is -0.354 e. The number of carbonyl (C=O) groups is 2. The van der Waals surface area contributed by atoms with Gasteiger partial charge in [-0.3, -0.25) is 9.59 Å². The summed E-state index contributed by atoms with van der Waals surface area (Å²) in [7, 11) is 0. The normalized spacial score (nSPS) is 15.4. The van der Waals surface area contributed by atoms with E-state index in [0.29, 0.717) is 42.7 Å². The van der Waals surface area contributed by atoms with Gasteiger partial charge in [-0.15, -0.1) is 0 Å². The molecular weight excluding hydrogens is 368 g/mol. The van der Waals surface area contributed by atoms with Crippen LogP contribution in [-0.4, -0.2) is 46.0 Å². The fourth-order valence-corrected chi connectivity index (χ4v) is 3.36. The van der Waals surface area contributed by atoms with Gasteiger partial charge in [-0.25, -0.2) is 0 Å². The number of hydrogen-bond donors (Lipinski definition) is 1. The number of rotatable bonds is 7. The fraction of sp³-hybridized carbons (Fsp3) is 0.474. The molecule has 1 aliphatic rings. The first kappa shape index (κ1) is 19.4. The lowest BCUT2D eigenvalue weighted by Gasteiger charge is -2.29. The molecule has 2 aromatic rings. The highest BCUT2D eigenvalue weighted by Gasteiger charge is 2.34. The monoisotopic (exact) mass is 390 g/mol. The molecule has 0 spiro atoms. The van der Waals surface area contributed by atoms with Gasteiger partial charge in [-0.05, 0) is 36.6 Å². The number of nitrogens with zero attached hydrogens (tertiary/aromatic N) is 3. The number of amides is 2. The molecule has 0 bridgehead atoms. The Balaban J connectivity index is 1.55. The lowest BCUT2D eigenvalue weighted by Crippen LogP contribution is -2.50. The molecule has 1 saturated heterocycles. The molecule has 1 aromatic heterocycles. The van der Waals surface area contributed by atoms with Gasteiger partial charge in [0.15, 0.2) is 0 Å². The minimum atomic E-state index is -0.438. The molecule has 1 aliphatic heterocycles. The molecule has 7 nitrogen and oxygen atoms in total. The molecule has 2 heterocycles. The molecule has 8 heteroatoms. The van der Waals surface area contributed by atoms with Crippen LogP contribution < -0.4 is 5.32 Å². The van der Waals surface area contributed by atoms with E-state index in [-0.39, 0.29) is 17.7 Å². The molecule has 1 fully saturated rings. The van der Waals surface area contributed by atoms with Crippen molar-refractivity contribution < 1.29 is 14.1 Å². The average Bonchev–Trinajstić information content (AvgIpc) is 3.25. The molecule has 144 valence electrons. The molecule has 1 N–H and O–H groups in total.